The monoisotopic (exact) mass is 159 g/mol. The molecule has 28 valence electrons. The molecule has 0 rings (SSSR count). The van der Waals surface area contributed by atoms with Gasteiger partial charge in [-0.1, -0.05) is 7.43 Å². The van der Waals surface area contributed by atoms with Crippen molar-refractivity contribution in [1.29, 1.82) is 0 Å². The fraction of sp³-hybridized carbons (Fsp3) is 1.00. The molecule has 0 heterocycles. The predicted octanol–water partition coefficient (Wildman–Crippen LogP) is 1.06. The van der Waals surface area contributed by atoms with Crippen LogP contribution in [0.3, 0.4) is 0 Å². The van der Waals surface area contributed by atoms with Gasteiger partial charge in [-0.3, -0.25) is 0 Å². The second-order valence-corrected chi connectivity index (χ2v) is 0. The summed E-state index contributed by atoms with van der Waals surface area (Å²) < 4.78 is 0. The summed E-state index contributed by atoms with van der Waals surface area (Å²) in [6.45, 7) is 0. The zero-order valence-corrected chi connectivity index (χ0v) is 6.12. The van der Waals surface area contributed by atoms with Crippen molar-refractivity contribution in [2.75, 3.05) is 0 Å². The molecule has 0 aromatic carbocycles. The van der Waals surface area contributed by atoms with E-state index >= 15 is 0 Å². The summed E-state index contributed by atoms with van der Waals surface area (Å²) in [7, 11) is 0. The molecule has 3 N–H and O–H groups in total. The van der Waals surface area contributed by atoms with E-state index in [9.17, 15) is 0 Å². The molecule has 0 radical (unpaired) electrons. The third-order valence-corrected chi connectivity index (χ3v) is 0. The van der Waals surface area contributed by atoms with Crippen molar-refractivity contribution in [3.05, 3.63) is 0 Å². The number of hydrogen-bond donors (Lipinski definition) is 1. The molecule has 3 heteroatoms. The van der Waals surface area contributed by atoms with Gasteiger partial charge in [0, 0.05) is 0 Å². The van der Waals surface area contributed by atoms with Crippen LogP contribution in [0, 0.1) is 0 Å². The topological polar surface area (TPSA) is 35.0 Å². The Balaban J connectivity index is 0. The first kappa shape index (κ1) is 42.8. The average Bonchev–Trinajstić information content (AvgIpc) is 0. The van der Waals surface area contributed by atoms with Gasteiger partial charge in [-0.15, -0.1) is 12.4 Å². The Morgan fingerprint density at radius 3 is 1.25 bits per heavy atom. The zero-order chi connectivity index (χ0) is 0. The minimum absolute atomic E-state index is 0. The van der Waals surface area contributed by atoms with Crippen LogP contribution >= 0.6 is 12.4 Å². The Morgan fingerprint density at radius 1 is 1.25 bits per heavy atom. The largest absolute Gasteiger partial charge is 2.00 e. The van der Waals surface area contributed by atoms with Crippen molar-refractivity contribution in [3.63, 3.8) is 0 Å². The normalized spacial score (nSPS) is 0. The summed E-state index contributed by atoms with van der Waals surface area (Å²) in [4.78, 5) is 0. The summed E-state index contributed by atoms with van der Waals surface area (Å²) >= 11 is 0. The molecule has 0 spiro atoms. The van der Waals surface area contributed by atoms with E-state index in [0.29, 0.717) is 0 Å². The predicted molar refractivity (Wildman–Crippen MR) is 27.0 cm³/mol. The fourth-order valence-corrected chi connectivity index (χ4v) is 0. The van der Waals surface area contributed by atoms with E-state index in [1.807, 2.05) is 0 Å². The van der Waals surface area contributed by atoms with Crippen molar-refractivity contribution in [1.82, 2.24) is 6.15 Å². The average molecular weight is 159 g/mol. The molecule has 0 fully saturated rings. The molecule has 0 saturated heterocycles. The minimum atomic E-state index is 0. The number of halogens is 1. The SMILES string of the molecule is C.Cl.N.[H-].[H-].[Sr+2]. The van der Waals surface area contributed by atoms with Gasteiger partial charge in [-0.05, 0) is 0 Å². The fourth-order valence-electron chi connectivity index (χ4n) is 0. The van der Waals surface area contributed by atoms with Crippen molar-refractivity contribution in [2.45, 2.75) is 7.43 Å². The molecule has 0 aromatic rings. The van der Waals surface area contributed by atoms with Gasteiger partial charge in [0.2, 0.25) is 0 Å². The first-order valence-corrected chi connectivity index (χ1v) is 0. The van der Waals surface area contributed by atoms with Crippen LogP contribution in [0.2, 0.25) is 0 Å². The van der Waals surface area contributed by atoms with Gasteiger partial charge in [-0.25, -0.2) is 0 Å². The molecule has 0 aromatic heterocycles. The van der Waals surface area contributed by atoms with E-state index in [4.69, 9.17) is 0 Å². The summed E-state index contributed by atoms with van der Waals surface area (Å²) in [5.41, 5.74) is 0. The Bertz CT molecular complexity index is 13.5. The maximum Gasteiger partial charge on any atom is 2.00 e. The summed E-state index contributed by atoms with van der Waals surface area (Å²) in [5, 5.41) is 0. The van der Waals surface area contributed by atoms with E-state index in [1.165, 1.54) is 0 Å². The molecule has 0 saturated carbocycles. The molecule has 0 aliphatic carbocycles. The minimum Gasteiger partial charge on any atom is -1.00 e. The molecule has 0 atom stereocenters. The van der Waals surface area contributed by atoms with Gasteiger partial charge < -0.3 is 9.00 Å². The van der Waals surface area contributed by atoms with E-state index < -0.39 is 0 Å². The third-order valence-electron chi connectivity index (χ3n) is 0. The van der Waals surface area contributed by atoms with Crippen molar-refractivity contribution >= 4 is 57.9 Å². The van der Waals surface area contributed by atoms with Crippen LogP contribution in [0.5, 0.6) is 0 Å². The maximum atomic E-state index is 0. The Morgan fingerprint density at radius 2 is 1.25 bits per heavy atom. The molecule has 4 heavy (non-hydrogen) atoms. The van der Waals surface area contributed by atoms with Crippen LogP contribution < -0.4 is 6.15 Å². The molecule has 1 nitrogen and oxygen atoms in total. The second kappa shape index (κ2) is 22.0. The quantitative estimate of drug-likeness (QED) is 0.527. The van der Waals surface area contributed by atoms with Crippen LogP contribution in [0.25, 0.3) is 0 Å². The molecular formula is CH10ClNSr. The van der Waals surface area contributed by atoms with Crippen LogP contribution in [0.1, 0.15) is 10.3 Å². The third kappa shape index (κ3) is 9.29. The molecule has 0 aliphatic rings. The summed E-state index contributed by atoms with van der Waals surface area (Å²) in [6.07, 6.45) is 0. The zero-order valence-electron chi connectivity index (χ0n) is 3.82. The van der Waals surface area contributed by atoms with Crippen LogP contribution in [0.15, 0.2) is 0 Å². The van der Waals surface area contributed by atoms with Crippen molar-refractivity contribution in [2.24, 2.45) is 0 Å². The Kier molecular flexibility index (Phi) is 235. The van der Waals surface area contributed by atoms with Crippen LogP contribution in [-0.2, 0) is 0 Å². The smallest absolute Gasteiger partial charge is 1.00 e. The van der Waals surface area contributed by atoms with Gasteiger partial charge in [-0.2, -0.15) is 0 Å². The van der Waals surface area contributed by atoms with Gasteiger partial charge in [0.1, 0.15) is 0 Å². The summed E-state index contributed by atoms with van der Waals surface area (Å²) in [5.74, 6) is 0. The van der Waals surface area contributed by atoms with Gasteiger partial charge in [0.25, 0.3) is 0 Å². The Hall–Kier alpha value is 1.73. The number of rotatable bonds is 0. The van der Waals surface area contributed by atoms with Gasteiger partial charge >= 0.3 is 45.5 Å². The standard InChI is InChI=1S/CH4.ClH.H3N.Sr.2H/h1H4;1H;1H3;;;/q;;;+2;2*-1. The van der Waals surface area contributed by atoms with Crippen molar-refractivity contribution < 1.29 is 2.85 Å². The second-order valence-electron chi connectivity index (χ2n) is 0. The van der Waals surface area contributed by atoms with Gasteiger partial charge in [0.15, 0.2) is 0 Å². The van der Waals surface area contributed by atoms with E-state index in [1.54, 1.807) is 0 Å². The molecule has 0 bridgehead atoms. The van der Waals surface area contributed by atoms with Crippen LogP contribution in [-0.4, -0.2) is 45.5 Å². The first-order chi connectivity index (χ1) is 0. The van der Waals surface area contributed by atoms with Crippen molar-refractivity contribution in [3.8, 4) is 0 Å². The molecular weight excluding hydrogens is 149 g/mol. The molecule has 0 amide bonds. The molecule has 0 unspecified atom stereocenters. The van der Waals surface area contributed by atoms with Crippen LogP contribution in [0.4, 0.5) is 0 Å². The molecule has 0 aliphatic heterocycles. The van der Waals surface area contributed by atoms with E-state index in [2.05, 4.69) is 0 Å². The summed E-state index contributed by atoms with van der Waals surface area (Å²) in [6, 6.07) is 0. The number of hydrogen-bond acceptors (Lipinski definition) is 1. The van der Waals surface area contributed by atoms with Gasteiger partial charge in [0.05, 0.1) is 0 Å². The first-order valence-electron chi connectivity index (χ1n) is 0. The maximum absolute atomic E-state index is 0. The Labute approximate surface area is 73.4 Å². The van der Waals surface area contributed by atoms with E-state index in [0.717, 1.165) is 0 Å². The van der Waals surface area contributed by atoms with E-state index in [-0.39, 0.29) is 74.3 Å².